The molecule has 1 heterocycles. The van der Waals surface area contributed by atoms with Gasteiger partial charge in [-0.2, -0.15) is 0 Å². The highest BCUT2D eigenvalue weighted by Crippen LogP contribution is 2.28. The van der Waals surface area contributed by atoms with Crippen LogP contribution >= 0.6 is 15.9 Å². The lowest BCUT2D eigenvalue weighted by Crippen LogP contribution is -2.25. The Hall–Kier alpha value is -2.14. The minimum atomic E-state index is -0.340. The van der Waals surface area contributed by atoms with E-state index in [2.05, 4.69) is 15.9 Å². The molecule has 0 fully saturated rings. The summed E-state index contributed by atoms with van der Waals surface area (Å²) in [6, 6.07) is 13.0. The molecular formula is C16H11BrFNO2. The van der Waals surface area contributed by atoms with Crippen molar-refractivity contribution in [3.05, 3.63) is 64.6 Å². The maximum atomic E-state index is 12.9. The Morgan fingerprint density at radius 3 is 2.57 bits per heavy atom. The molecule has 3 nitrogen and oxygen atoms in total. The summed E-state index contributed by atoms with van der Waals surface area (Å²) in [5.74, 6) is -0.388. The van der Waals surface area contributed by atoms with Crippen molar-refractivity contribution < 1.29 is 13.6 Å². The number of hydrogen-bond donors (Lipinski definition) is 0. The minimum Gasteiger partial charge on any atom is -0.450 e. The third-order valence-corrected chi connectivity index (χ3v) is 3.85. The second-order valence-electron chi connectivity index (χ2n) is 4.61. The van der Waals surface area contributed by atoms with Crippen LogP contribution in [0.2, 0.25) is 0 Å². The predicted octanol–water partition coefficient (Wildman–Crippen LogP) is 4.61. The van der Waals surface area contributed by atoms with Crippen LogP contribution in [0.15, 0.2) is 57.4 Å². The summed E-state index contributed by atoms with van der Waals surface area (Å²) in [4.78, 5) is 13.9. The van der Waals surface area contributed by atoms with Crippen molar-refractivity contribution in [3.8, 4) is 0 Å². The van der Waals surface area contributed by atoms with Gasteiger partial charge in [0, 0.05) is 18.1 Å². The Morgan fingerprint density at radius 2 is 1.90 bits per heavy atom. The second kappa shape index (κ2) is 5.33. The number of anilines is 1. The van der Waals surface area contributed by atoms with Gasteiger partial charge in [0.25, 0.3) is 5.91 Å². The van der Waals surface area contributed by atoms with Crippen LogP contribution < -0.4 is 4.90 Å². The lowest BCUT2D eigenvalue weighted by molar-refractivity contribution is 0.0968. The molecule has 3 rings (SSSR count). The van der Waals surface area contributed by atoms with E-state index in [-0.39, 0.29) is 17.5 Å². The summed E-state index contributed by atoms with van der Waals surface area (Å²) >= 11 is 3.39. The van der Waals surface area contributed by atoms with E-state index in [4.69, 9.17) is 4.42 Å². The molecule has 0 aliphatic rings. The van der Waals surface area contributed by atoms with Gasteiger partial charge in [0.2, 0.25) is 0 Å². The van der Waals surface area contributed by atoms with Gasteiger partial charge >= 0.3 is 0 Å². The third-order valence-electron chi connectivity index (χ3n) is 3.23. The van der Waals surface area contributed by atoms with E-state index in [0.29, 0.717) is 11.3 Å². The van der Waals surface area contributed by atoms with Crippen LogP contribution in [0.4, 0.5) is 10.1 Å². The van der Waals surface area contributed by atoms with Crippen molar-refractivity contribution in [2.24, 2.45) is 0 Å². The fourth-order valence-electron chi connectivity index (χ4n) is 2.08. The Kier molecular flexibility index (Phi) is 3.51. The van der Waals surface area contributed by atoms with Crippen LogP contribution in [0.3, 0.4) is 0 Å². The molecule has 3 aromatic rings. The fourth-order valence-corrected chi connectivity index (χ4v) is 2.54. The molecule has 106 valence electrons. The molecule has 0 saturated carbocycles. The Morgan fingerprint density at radius 1 is 1.19 bits per heavy atom. The van der Waals surface area contributed by atoms with Gasteiger partial charge in [0.15, 0.2) is 5.76 Å². The molecule has 0 saturated heterocycles. The molecule has 0 spiro atoms. The number of carbonyl (C=O) groups is 1. The molecule has 0 aliphatic heterocycles. The van der Waals surface area contributed by atoms with Crippen LogP contribution in [-0.4, -0.2) is 13.0 Å². The highest BCUT2D eigenvalue weighted by Gasteiger charge is 2.18. The summed E-state index contributed by atoms with van der Waals surface area (Å²) in [5.41, 5.74) is 1.23. The number of para-hydroxylation sites is 1. The summed E-state index contributed by atoms with van der Waals surface area (Å²) in [6.07, 6.45) is 0. The van der Waals surface area contributed by atoms with Crippen molar-refractivity contribution in [3.63, 3.8) is 0 Å². The van der Waals surface area contributed by atoms with E-state index >= 15 is 0 Å². The zero-order valence-electron chi connectivity index (χ0n) is 11.1. The summed E-state index contributed by atoms with van der Waals surface area (Å²) in [6.45, 7) is 0. The standard InChI is InChI=1S/C16H11BrFNO2/c1-19(12-7-5-11(18)6-8-12)16(20)14-9-10-3-2-4-13(17)15(10)21-14/h2-9H,1H3. The number of nitrogens with zero attached hydrogens (tertiary/aromatic N) is 1. The average molecular weight is 348 g/mol. The van der Waals surface area contributed by atoms with Gasteiger partial charge in [-0.1, -0.05) is 12.1 Å². The van der Waals surface area contributed by atoms with E-state index < -0.39 is 0 Å². The molecule has 0 aliphatic carbocycles. The van der Waals surface area contributed by atoms with Crippen LogP contribution in [0.1, 0.15) is 10.6 Å². The van der Waals surface area contributed by atoms with Crippen LogP contribution in [0, 0.1) is 5.82 Å². The number of carbonyl (C=O) groups excluding carboxylic acids is 1. The van der Waals surface area contributed by atoms with Gasteiger partial charge in [-0.15, -0.1) is 0 Å². The number of halogens is 2. The minimum absolute atomic E-state index is 0.240. The number of rotatable bonds is 2. The van der Waals surface area contributed by atoms with Crippen molar-refractivity contribution in [1.29, 1.82) is 0 Å². The normalized spacial score (nSPS) is 10.8. The van der Waals surface area contributed by atoms with E-state index in [1.54, 1.807) is 25.2 Å². The number of fused-ring (bicyclic) bond motifs is 1. The third kappa shape index (κ3) is 2.56. The van der Waals surface area contributed by atoms with E-state index in [9.17, 15) is 9.18 Å². The van der Waals surface area contributed by atoms with Crippen molar-refractivity contribution in [2.45, 2.75) is 0 Å². The zero-order valence-corrected chi connectivity index (χ0v) is 12.7. The first-order valence-electron chi connectivity index (χ1n) is 6.28. The Labute approximate surface area is 129 Å². The molecule has 1 amide bonds. The molecule has 5 heteroatoms. The smallest absolute Gasteiger partial charge is 0.293 e. The van der Waals surface area contributed by atoms with Gasteiger partial charge in [-0.05, 0) is 52.3 Å². The van der Waals surface area contributed by atoms with Crippen LogP contribution in [0.5, 0.6) is 0 Å². The molecule has 0 atom stereocenters. The topological polar surface area (TPSA) is 33.5 Å². The molecule has 0 unspecified atom stereocenters. The number of benzene rings is 2. The van der Waals surface area contributed by atoms with Gasteiger partial charge in [-0.3, -0.25) is 4.79 Å². The molecule has 1 aromatic heterocycles. The van der Waals surface area contributed by atoms with Gasteiger partial charge in [-0.25, -0.2) is 4.39 Å². The maximum Gasteiger partial charge on any atom is 0.293 e. The number of furan rings is 1. The number of hydrogen-bond acceptors (Lipinski definition) is 2. The Bertz CT molecular complexity index is 811. The van der Waals surface area contributed by atoms with Crippen molar-refractivity contribution in [2.75, 3.05) is 11.9 Å². The quantitative estimate of drug-likeness (QED) is 0.678. The first-order valence-corrected chi connectivity index (χ1v) is 7.07. The van der Waals surface area contributed by atoms with E-state index in [1.807, 2.05) is 18.2 Å². The van der Waals surface area contributed by atoms with Crippen LogP contribution in [-0.2, 0) is 0 Å². The average Bonchev–Trinajstić information content (AvgIpc) is 2.92. The first kappa shape index (κ1) is 13.8. The zero-order chi connectivity index (χ0) is 15.0. The SMILES string of the molecule is CN(C(=O)c1cc2cccc(Br)c2o1)c1ccc(F)cc1. The highest BCUT2D eigenvalue weighted by molar-refractivity contribution is 9.10. The first-order chi connectivity index (χ1) is 10.1. The Balaban J connectivity index is 1.96. The molecule has 2 aromatic carbocycles. The predicted molar refractivity (Wildman–Crippen MR) is 83.0 cm³/mol. The molecular weight excluding hydrogens is 337 g/mol. The molecule has 0 bridgehead atoms. The van der Waals surface area contributed by atoms with E-state index in [0.717, 1.165) is 9.86 Å². The fraction of sp³-hybridized carbons (Fsp3) is 0.0625. The molecule has 0 N–H and O–H groups in total. The van der Waals surface area contributed by atoms with Crippen LogP contribution in [0.25, 0.3) is 11.0 Å². The summed E-state index contributed by atoms with van der Waals surface area (Å²) < 4.78 is 19.3. The van der Waals surface area contributed by atoms with Gasteiger partial charge in [0.1, 0.15) is 11.4 Å². The van der Waals surface area contributed by atoms with Crippen molar-refractivity contribution in [1.82, 2.24) is 0 Å². The van der Waals surface area contributed by atoms with Gasteiger partial charge < -0.3 is 9.32 Å². The number of amides is 1. The van der Waals surface area contributed by atoms with Gasteiger partial charge in [0.05, 0.1) is 4.47 Å². The monoisotopic (exact) mass is 347 g/mol. The lowest BCUT2D eigenvalue weighted by Gasteiger charge is -2.15. The second-order valence-corrected chi connectivity index (χ2v) is 5.46. The highest BCUT2D eigenvalue weighted by atomic mass is 79.9. The largest absolute Gasteiger partial charge is 0.450 e. The summed E-state index contributed by atoms with van der Waals surface area (Å²) in [7, 11) is 1.62. The molecule has 21 heavy (non-hydrogen) atoms. The summed E-state index contributed by atoms with van der Waals surface area (Å²) in [5, 5.41) is 0.847. The maximum absolute atomic E-state index is 12.9. The lowest BCUT2D eigenvalue weighted by atomic mass is 10.2. The van der Waals surface area contributed by atoms with E-state index in [1.165, 1.54) is 17.0 Å². The molecule has 0 radical (unpaired) electrons. The van der Waals surface area contributed by atoms with Crippen molar-refractivity contribution >= 4 is 38.5 Å².